The van der Waals surface area contributed by atoms with Crippen LogP contribution in [-0.4, -0.2) is 25.0 Å². The first kappa shape index (κ1) is 28.9. The summed E-state index contributed by atoms with van der Waals surface area (Å²) in [4.78, 5) is 47.9. The second-order valence-electron chi connectivity index (χ2n) is 12.3. The first-order valence-electron chi connectivity index (χ1n) is 15.9. The van der Waals surface area contributed by atoms with Gasteiger partial charge in [-0.3, -0.25) is 18.7 Å². The highest BCUT2D eigenvalue weighted by Crippen LogP contribution is 2.27. The Labute approximate surface area is 251 Å². The second-order valence-corrected chi connectivity index (χ2v) is 12.3. The van der Waals surface area contributed by atoms with Crippen LogP contribution in [0.2, 0.25) is 0 Å². The molecule has 0 bridgehead atoms. The van der Waals surface area contributed by atoms with Gasteiger partial charge in [-0.25, -0.2) is 9.78 Å². The Morgan fingerprint density at radius 3 is 2.12 bits per heavy atom. The summed E-state index contributed by atoms with van der Waals surface area (Å²) >= 11 is 0. The van der Waals surface area contributed by atoms with E-state index in [0.29, 0.717) is 48.5 Å². The largest absolute Gasteiger partial charge is 0.348 e. The summed E-state index contributed by atoms with van der Waals surface area (Å²) in [5, 5.41) is 2.90. The van der Waals surface area contributed by atoms with Crippen molar-refractivity contribution in [2.24, 2.45) is 11.8 Å². The number of amides is 1. The number of hydrogen-bond acceptors (Lipinski definition) is 4. The van der Waals surface area contributed by atoms with Crippen molar-refractivity contribution in [1.29, 1.82) is 0 Å². The van der Waals surface area contributed by atoms with E-state index >= 15 is 0 Å². The van der Waals surface area contributed by atoms with Crippen LogP contribution >= 0.6 is 0 Å². The number of nitrogens with one attached hydrogen (secondary N) is 2. The van der Waals surface area contributed by atoms with Gasteiger partial charge in [-0.15, -0.1) is 0 Å². The Bertz CT molecular complexity index is 1690. The fourth-order valence-electron chi connectivity index (χ4n) is 6.66. The molecule has 0 spiro atoms. The van der Waals surface area contributed by atoms with Gasteiger partial charge >= 0.3 is 5.69 Å². The summed E-state index contributed by atoms with van der Waals surface area (Å²) in [5.74, 6) is 1.19. The molecule has 8 heteroatoms. The highest BCUT2D eigenvalue weighted by molar-refractivity contribution is 5.91. The molecule has 0 aliphatic heterocycles. The quantitative estimate of drug-likeness (QED) is 0.236. The van der Waals surface area contributed by atoms with Crippen molar-refractivity contribution in [2.75, 3.05) is 0 Å². The zero-order valence-electron chi connectivity index (χ0n) is 24.8. The molecule has 8 nitrogen and oxygen atoms in total. The molecule has 2 heterocycles. The van der Waals surface area contributed by atoms with Crippen LogP contribution in [0.4, 0.5) is 0 Å². The lowest BCUT2D eigenvalue weighted by Gasteiger charge is -2.24. The number of aromatic nitrogens is 4. The van der Waals surface area contributed by atoms with E-state index in [1.807, 2.05) is 54.6 Å². The van der Waals surface area contributed by atoms with Crippen LogP contribution < -0.4 is 16.6 Å². The van der Waals surface area contributed by atoms with E-state index in [2.05, 4.69) is 10.3 Å². The molecule has 2 aliphatic carbocycles. The molecule has 2 N–H and O–H groups in total. The van der Waals surface area contributed by atoms with Gasteiger partial charge in [-0.05, 0) is 54.7 Å². The van der Waals surface area contributed by atoms with E-state index in [0.717, 1.165) is 55.2 Å². The Morgan fingerprint density at radius 2 is 1.47 bits per heavy atom. The zero-order valence-corrected chi connectivity index (χ0v) is 24.8. The molecule has 224 valence electrons. The summed E-state index contributed by atoms with van der Waals surface area (Å²) in [5.41, 5.74) is 3.08. The fourth-order valence-corrected chi connectivity index (χ4v) is 6.66. The van der Waals surface area contributed by atoms with E-state index in [4.69, 9.17) is 4.98 Å². The maximum Gasteiger partial charge on any atom is 0.332 e. The molecule has 2 fully saturated rings. The summed E-state index contributed by atoms with van der Waals surface area (Å²) < 4.78 is 3.25. The van der Waals surface area contributed by atoms with Crippen molar-refractivity contribution >= 4 is 23.1 Å². The van der Waals surface area contributed by atoms with Gasteiger partial charge in [0.25, 0.3) is 5.56 Å². The van der Waals surface area contributed by atoms with E-state index in [9.17, 15) is 14.4 Å². The molecular formula is C35H41N5O3. The minimum absolute atomic E-state index is 0.161. The second kappa shape index (κ2) is 13.4. The summed E-state index contributed by atoms with van der Waals surface area (Å²) in [7, 11) is 0. The number of aromatic amines is 1. The Balaban J connectivity index is 1.25. The van der Waals surface area contributed by atoms with Crippen LogP contribution in [0.1, 0.15) is 75.3 Å². The maximum absolute atomic E-state index is 13.8. The maximum atomic E-state index is 13.8. The summed E-state index contributed by atoms with van der Waals surface area (Å²) in [6.07, 6.45) is 14.8. The van der Waals surface area contributed by atoms with Gasteiger partial charge in [0.15, 0.2) is 5.52 Å². The van der Waals surface area contributed by atoms with Crippen molar-refractivity contribution in [2.45, 2.75) is 83.8 Å². The van der Waals surface area contributed by atoms with Crippen molar-refractivity contribution < 1.29 is 4.79 Å². The number of fused-ring (bicyclic) bond motifs is 1. The SMILES string of the molecule is O=C(/C=C/c1ccc(-c2nc3c(=O)n(CC4CCCCC4)c(=O)n(CC4CCCCC4)c3[nH]2)cc1)NCc1ccccc1. The van der Waals surface area contributed by atoms with Crippen LogP contribution in [0.25, 0.3) is 28.6 Å². The average molecular weight is 580 g/mol. The molecule has 0 saturated heterocycles. The Kier molecular flexibility index (Phi) is 9.01. The monoisotopic (exact) mass is 579 g/mol. The van der Waals surface area contributed by atoms with E-state index in [-0.39, 0.29) is 17.2 Å². The van der Waals surface area contributed by atoms with Crippen LogP contribution in [0.5, 0.6) is 0 Å². The van der Waals surface area contributed by atoms with Crippen molar-refractivity contribution in [1.82, 2.24) is 24.4 Å². The fraction of sp³-hybridized carbons (Fsp3) is 0.429. The smallest absolute Gasteiger partial charge is 0.332 e. The lowest BCUT2D eigenvalue weighted by Crippen LogP contribution is -2.42. The van der Waals surface area contributed by atoms with Crippen LogP contribution in [0, 0.1) is 11.8 Å². The van der Waals surface area contributed by atoms with E-state index < -0.39 is 0 Å². The van der Waals surface area contributed by atoms with E-state index in [1.165, 1.54) is 36.3 Å². The number of carbonyl (C=O) groups is 1. The third-order valence-electron chi connectivity index (χ3n) is 9.12. The number of nitrogens with zero attached hydrogens (tertiary/aromatic N) is 3. The zero-order chi connectivity index (χ0) is 29.6. The molecule has 0 atom stereocenters. The summed E-state index contributed by atoms with van der Waals surface area (Å²) in [6.45, 7) is 1.56. The Morgan fingerprint density at radius 1 is 0.837 bits per heavy atom. The molecule has 1 amide bonds. The number of hydrogen-bond donors (Lipinski definition) is 2. The molecule has 2 aromatic heterocycles. The van der Waals surface area contributed by atoms with Crippen molar-refractivity contribution in [3.05, 3.63) is 92.6 Å². The lowest BCUT2D eigenvalue weighted by molar-refractivity contribution is -0.116. The summed E-state index contributed by atoms with van der Waals surface area (Å²) in [6, 6.07) is 17.5. The molecule has 43 heavy (non-hydrogen) atoms. The van der Waals surface area contributed by atoms with Gasteiger partial charge in [0.1, 0.15) is 11.5 Å². The Hall–Kier alpha value is -4.20. The van der Waals surface area contributed by atoms with Crippen LogP contribution in [0.15, 0.2) is 70.3 Å². The molecule has 0 radical (unpaired) electrons. The standard InChI is InChI=1S/C35H41N5O3/c41-30(36-22-26-10-4-1-5-11-26)21-18-25-16-19-29(20-17-25)32-37-31-33(38-32)39(23-27-12-6-2-7-13-27)35(43)40(34(31)42)24-28-14-8-3-9-15-28/h1,4-5,10-11,16-21,27-28H,2-3,6-9,12-15,22-24H2,(H,36,41)(H,37,38)/b21-18+. The van der Waals surface area contributed by atoms with Gasteiger partial charge < -0.3 is 10.3 Å². The first-order valence-corrected chi connectivity index (χ1v) is 15.9. The first-order chi connectivity index (χ1) is 21.0. The van der Waals surface area contributed by atoms with Crippen LogP contribution in [-0.2, 0) is 24.4 Å². The molecular weight excluding hydrogens is 538 g/mol. The van der Waals surface area contributed by atoms with E-state index in [1.54, 1.807) is 10.6 Å². The predicted octanol–water partition coefficient (Wildman–Crippen LogP) is 6.04. The van der Waals surface area contributed by atoms with Crippen LogP contribution in [0.3, 0.4) is 0 Å². The number of benzene rings is 2. The lowest BCUT2D eigenvalue weighted by atomic mass is 9.89. The van der Waals surface area contributed by atoms with Gasteiger partial charge in [-0.2, -0.15) is 0 Å². The normalized spacial score (nSPS) is 16.7. The third-order valence-corrected chi connectivity index (χ3v) is 9.12. The molecule has 4 aromatic rings. The number of carbonyl (C=O) groups excluding carboxylic acids is 1. The van der Waals surface area contributed by atoms with Gasteiger partial charge in [-0.1, -0.05) is 93.1 Å². The molecule has 2 aromatic carbocycles. The molecule has 2 aliphatic rings. The third kappa shape index (κ3) is 6.90. The minimum Gasteiger partial charge on any atom is -0.348 e. The number of rotatable bonds is 9. The van der Waals surface area contributed by atoms with Gasteiger partial charge in [0.05, 0.1) is 0 Å². The van der Waals surface area contributed by atoms with Gasteiger partial charge in [0.2, 0.25) is 5.91 Å². The highest BCUT2D eigenvalue weighted by Gasteiger charge is 2.24. The predicted molar refractivity (Wildman–Crippen MR) is 171 cm³/mol. The number of H-pyrrole nitrogens is 1. The molecule has 6 rings (SSSR count). The number of imidazole rings is 1. The van der Waals surface area contributed by atoms with Crippen molar-refractivity contribution in [3.8, 4) is 11.4 Å². The average Bonchev–Trinajstić information content (AvgIpc) is 3.50. The molecule has 2 saturated carbocycles. The van der Waals surface area contributed by atoms with Crippen molar-refractivity contribution in [3.63, 3.8) is 0 Å². The molecule has 0 unspecified atom stereocenters. The highest BCUT2D eigenvalue weighted by atomic mass is 16.2. The topological polar surface area (TPSA) is 102 Å². The minimum atomic E-state index is -0.297. The van der Waals surface area contributed by atoms with Gasteiger partial charge in [0, 0.05) is 31.3 Å².